The van der Waals surface area contributed by atoms with Crippen LogP contribution in [0.25, 0.3) is 0 Å². The largest absolute Gasteiger partial charge is 0.326 e. The number of nitrogens with two attached hydrogens (primary N) is 1. The van der Waals surface area contributed by atoms with Gasteiger partial charge in [-0.05, 0) is 18.4 Å². The second-order valence-electron chi connectivity index (χ2n) is 3.43. The summed E-state index contributed by atoms with van der Waals surface area (Å²) in [7, 11) is -3.97. The molecule has 0 aliphatic carbocycles. The molecule has 0 heterocycles. The maximum Gasteiger partial charge on any atom is 0.243 e. The Morgan fingerprint density at radius 2 is 2.06 bits per heavy atom. The van der Waals surface area contributed by atoms with E-state index in [0.29, 0.717) is 5.75 Å². The highest BCUT2D eigenvalue weighted by Gasteiger charge is 2.22. The highest BCUT2D eigenvalue weighted by molar-refractivity contribution is 7.98. The van der Waals surface area contributed by atoms with Crippen LogP contribution in [0, 0.1) is 11.6 Å². The van der Waals surface area contributed by atoms with Gasteiger partial charge >= 0.3 is 0 Å². The molecule has 0 spiro atoms. The molecule has 4 nitrogen and oxygen atoms in total. The first-order valence-electron chi connectivity index (χ1n) is 5.09. The molecular formula is C10H14F2N2O2S2. The first-order valence-corrected chi connectivity index (χ1v) is 7.97. The van der Waals surface area contributed by atoms with Crippen molar-refractivity contribution in [2.24, 2.45) is 5.73 Å². The molecule has 0 radical (unpaired) electrons. The Bertz CT molecular complexity index is 521. The quantitative estimate of drug-likeness (QED) is 0.770. The molecule has 0 unspecified atom stereocenters. The minimum absolute atomic E-state index is 0.179. The first-order chi connectivity index (χ1) is 8.44. The standard InChI is InChI=1S/C10H14F2N2O2S2/c1-17-5-4-14-18(15,16)9-3-2-8(11)7(6-13)10(9)12/h2-3,14H,4-6,13H2,1H3. The van der Waals surface area contributed by atoms with Crippen LogP contribution < -0.4 is 10.5 Å². The Kier molecular flexibility index (Phi) is 5.51. The SMILES string of the molecule is CSCCNS(=O)(=O)c1ccc(F)c(CN)c1F. The van der Waals surface area contributed by atoms with Crippen LogP contribution in [0.1, 0.15) is 5.56 Å². The highest BCUT2D eigenvalue weighted by Crippen LogP contribution is 2.20. The lowest BCUT2D eigenvalue weighted by atomic mass is 10.2. The van der Waals surface area contributed by atoms with Crippen molar-refractivity contribution in [3.8, 4) is 0 Å². The molecule has 0 saturated heterocycles. The minimum atomic E-state index is -3.97. The van der Waals surface area contributed by atoms with Gasteiger partial charge in [-0.3, -0.25) is 0 Å². The third-order valence-electron chi connectivity index (χ3n) is 2.24. The highest BCUT2D eigenvalue weighted by atomic mass is 32.2. The van der Waals surface area contributed by atoms with Crippen LogP contribution in [0.15, 0.2) is 17.0 Å². The lowest BCUT2D eigenvalue weighted by Crippen LogP contribution is -2.27. The van der Waals surface area contributed by atoms with E-state index < -0.39 is 38.7 Å². The Morgan fingerprint density at radius 3 is 2.61 bits per heavy atom. The first kappa shape index (κ1) is 15.4. The molecule has 1 rings (SSSR count). The molecule has 102 valence electrons. The molecule has 0 bridgehead atoms. The summed E-state index contributed by atoms with van der Waals surface area (Å²) in [4.78, 5) is -0.578. The Hall–Kier alpha value is -0.700. The lowest BCUT2D eigenvalue weighted by molar-refractivity contribution is 0.526. The second kappa shape index (κ2) is 6.46. The van der Waals surface area contributed by atoms with Crippen molar-refractivity contribution in [2.75, 3.05) is 18.6 Å². The number of nitrogens with one attached hydrogen (secondary N) is 1. The van der Waals surface area contributed by atoms with E-state index in [1.165, 1.54) is 11.8 Å². The monoisotopic (exact) mass is 296 g/mol. The molecule has 0 aliphatic rings. The summed E-state index contributed by atoms with van der Waals surface area (Å²) in [5, 5.41) is 0. The summed E-state index contributed by atoms with van der Waals surface area (Å²) >= 11 is 1.45. The number of sulfonamides is 1. The topological polar surface area (TPSA) is 72.2 Å². The normalized spacial score (nSPS) is 11.8. The zero-order valence-corrected chi connectivity index (χ0v) is 11.4. The molecule has 1 aromatic rings. The Labute approximate surface area is 109 Å². The molecule has 0 aromatic heterocycles. The molecule has 0 aliphatic heterocycles. The van der Waals surface area contributed by atoms with Crippen LogP contribution in [0.2, 0.25) is 0 Å². The summed E-state index contributed by atoms with van der Waals surface area (Å²) in [6.45, 7) is -0.218. The molecule has 1 aromatic carbocycles. The van der Waals surface area contributed by atoms with Gasteiger partial charge in [-0.15, -0.1) is 0 Å². The van der Waals surface area contributed by atoms with E-state index in [1.54, 1.807) is 0 Å². The van der Waals surface area contributed by atoms with Gasteiger partial charge in [0.2, 0.25) is 10.0 Å². The predicted molar refractivity (Wildman–Crippen MR) is 67.8 cm³/mol. The maximum absolute atomic E-state index is 13.8. The van der Waals surface area contributed by atoms with Crippen molar-refractivity contribution in [2.45, 2.75) is 11.4 Å². The number of rotatable bonds is 6. The van der Waals surface area contributed by atoms with Crippen LogP contribution in [0.4, 0.5) is 8.78 Å². The van der Waals surface area contributed by atoms with Gasteiger partial charge in [0.15, 0.2) is 5.82 Å². The number of thioether (sulfide) groups is 1. The maximum atomic E-state index is 13.8. The summed E-state index contributed by atoms with van der Waals surface area (Å²) in [5.74, 6) is -1.42. The van der Waals surface area contributed by atoms with E-state index in [2.05, 4.69) is 4.72 Å². The Morgan fingerprint density at radius 1 is 1.39 bits per heavy atom. The van der Waals surface area contributed by atoms with Gasteiger partial charge in [0.25, 0.3) is 0 Å². The van der Waals surface area contributed by atoms with Gasteiger partial charge in [0.05, 0.1) is 0 Å². The molecule has 0 saturated carbocycles. The van der Waals surface area contributed by atoms with Crippen molar-refractivity contribution >= 4 is 21.8 Å². The molecular weight excluding hydrogens is 282 g/mol. The van der Waals surface area contributed by atoms with Crippen LogP contribution >= 0.6 is 11.8 Å². The number of hydrogen-bond donors (Lipinski definition) is 2. The molecule has 0 fully saturated rings. The predicted octanol–water partition coefficient (Wildman–Crippen LogP) is 1.06. The van der Waals surface area contributed by atoms with E-state index in [9.17, 15) is 17.2 Å². The third-order valence-corrected chi connectivity index (χ3v) is 4.33. The van der Waals surface area contributed by atoms with Crippen molar-refractivity contribution < 1.29 is 17.2 Å². The van der Waals surface area contributed by atoms with Gasteiger partial charge in [-0.25, -0.2) is 21.9 Å². The summed E-state index contributed by atoms with van der Waals surface area (Å²) in [6.07, 6.45) is 1.82. The van der Waals surface area contributed by atoms with Gasteiger partial charge in [0, 0.05) is 24.4 Å². The Balaban J connectivity index is 3.10. The van der Waals surface area contributed by atoms with Crippen LogP contribution in [-0.4, -0.2) is 27.0 Å². The molecule has 3 N–H and O–H groups in total. The van der Waals surface area contributed by atoms with E-state index in [4.69, 9.17) is 5.73 Å². The summed E-state index contributed by atoms with van der Waals surface area (Å²) < 4.78 is 52.8. The minimum Gasteiger partial charge on any atom is -0.326 e. The number of hydrogen-bond acceptors (Lipinski definition) is 4. The fourth-order valence-electron chi connectivity index (χ4n) is 1.33. The smallest absolute Gasteiger partial charge is 0.243 e. The average molecular weight is 296 g/mol. The zero-order chi connectivity index (χ0) is 13.8. The van der Waals surface area contributed by atoms with E-state index in [0.717, 1.165) is 12.1 Å². The van der Waals surface area contributed by atoms with Gasteiger partial charge < -0.3 is 5.73 Å². The van der Waals surface area contributed by atoms with Gasteiger partial charge in [-0.2, -0.15) is 11.8 Å². The van der Waals surface area contributed by atoms with Gasteiger partial charge in [-0.1, -0.05) is 0 Å². The third kappa shape index (κ3) is 3.41. The van der Waals surface area contributed by atoms with Crippen LogP contribution in [0.5, 0.6) is 0 Å². The zero-order valence-electron chi connectivity index (χ0n) is 9.74. The lowest BCUT2D eigenvalue weighted by Gasteiger charge is -2.10. The van der Waals surface area contributed by atoms with Crippen molar-refractivity contribution in [1.82, 2.24) is 4.72 Å². The fourth-order valence-corrected chi connectivity index (χ4v) is 2.89. The van der Waals surface area contributed by atoms with Crippen LogP contribution in [-0.2, 0) is 16.6 Å². The van der Waals surface area contributed by atoms with Crippen molar-refractivity contribution in [3.63, 3.8) is 0 Å². The van der Waals surface area contributed by atoms with Gasteiger partial charge in [0.1, 0.15) is 10.7 Å². The average Bonchev–Trinajstić information content (AvgIpc) is 2.29. The van der Waals surface area contributed by atoms with Crippen molar-refractivity contribution in [1.29, 1.82) is 0 Å². The summed E-state index contributed by atoms with van der Waals surface area (Å²) in [6, 6.07) is 1.79. The molecule has 18 heavy (non-hydrogen) atoms. The number of benzene rings is 1. The number of halogens is 2. The van der Waals surface area contributed by atoms with E-state index >= 15 is 0 Å². The fraction of sp³-hybridized carbons (Fsp3) is 0.400. The molecule has 0 atom stereocenters. The molecule has 0 amide bonds. The van der Waals surface area contributed by atoms with E-state index in [-0.39, 0.29) is 6.54 Å². The summed E-state index contributed by atoms with van der Waals surface area (Å²) in [5.41, 5.74) is 4.76. The second-order valence-corrected chi connectivity index (χ2v) is 6.15. The van der Waals surface area contributed by atoms with Crippen molar-refractivity contribution in [3.05, 3.63) is 29.3 Å². The molecule has 8 heteroatoms. The van der Waals surface area contributed by atoms with Crippen LogP contribution in [0.3, 0.4) is 0 Å². The van der Waals surface area contributed by atoms with E-state index in [1.807, 2.05) is 6.26 Å².